The second kappa shape index (κ2) is 10.9. The summed E-state index contributed by atoms with van der Waals surface area (Å²) < 4.78 is 6.58. The van der Waals surface area contributed by atoms with Gasteiger partial charge in [-0.1, -0.05) is 66.7 Å². The molecule has 8 heteroatoms. The van der Waals surface area contributed by atoms with Gasteiger partial charge in [-0.25, -0.2) is 4.98 Å². The van der Waals surface area contributed by atoms with Crippen molar-refractivity contribution < 1.29 is 9.32 Å². The molecule has 0 bridgehead atoms. The van der Waals surface area contributed by atoms with Crippen LogP contribution in [0.2, 0.25) is 0 Å². The number of thiazole rings is 1. The van der Waals surface area contributed by atoms with Crippen LogP contribution in [0.3, 0.4) is 0 Å². The van der Waals surface area contributed by atoms with Crippen LogP contribution in [-0.2, 0) is 0 Å². The number of anilines is 1. The van der Waals surface area contributed by atoms with Gasteiger partial charge in [-0.3, -0.25) is 9.69 Å². The van der Waals surface area contributed by atoms with Crippen molar-refractivity contribution in [3.05, 3.63) is 65.4 Å². The second-order valence-corrected chi connectivity index (χ2v) is 8.86. The highest BCUT2D eigenvalue weighted by Gasteiger charge is 2.25. The van der Waals surface area contributed by atoms with E-state index in [1.165, 1.54) is 5.56 Å². The normalized spacial score (nSPS) is 11.1. The van der Waals surface area contributed by atoms with E-state index in [2.05, 4.69) is 49.9 Å². The predicted octanol–water partition coefficient (Wildman–Crippen LogP) is 5.98. The van der Waals surface area contributed by atoms with Crippen molar-refractivity contribution in [3.8, 4) is 11.3 Å². The van der Waals surface area contributed by atoms with Gasteiger partial charge < -0.3 is 9.42 Å². The molecule has 2 aromatic carbocycles. The molecule has 4 aromatic rings. The Hall–Kier alpha value is -2.74. The Morgan fingerprint density at radius 1 is 1.03 bits per heavy atom. The van der Waals surface area contributed by atoms with E-state index in [0.717, 1.165) is 41.0 Å². The zero-order valence-electron chi connectivity index (χ0n) is 19.4. The molecule has 2 heterocycles. The van der Waals surface area contributed by atoms with Crippen molar-refractivity contribution in [3.63, 3.8) is 0 Å². The highest BCUT2D eigenvalue weighted by molar-refractivity contribution is 7.22. The summed E-state index contributed by atoms with van der Waals surface area (Å²) in [5.41, 5.74) is 4.43. The van der Waals surface area contributed by atoms with Crippen LogP contribution in [0.1, 0.15) is 35.5 Å². The Kier molecular flexibility index (Phi) is 8.24. The van der Waals surface area contributed by atoms with Crippen molar-refractivity contribution in [2.45, 2.75) is 27.7 Å². The molecule has 4 rings (SSSR count). The molecule has 0 aliphatic heterocycles. The summed E-state index contributed by atoms with van der Waals surface area (Å²) in [5, 5.41) is 4.78. The molecule has 0 unspecified atom stereocenters. The van der Waals surface area contributed by atoms with Crippen LogP contribution in [-0.4, -0.2) is 47.1 Å². The minimum absolute atomic E-state index is 0. The number of aryl methyl sites for hydroxylation is 2. The van der Waals surface area contributed by atoms with Crippen LogP contribution in [0.25, 0.3) is 21.5 Å². The summed E-state index contributed by atoms with van der Waals surface area (Å²) in [4.78, 5) is 22.4. The summed E-state index contributed by atoms with van der Waals surface area (Å²) in [6.45, 7) is 11.5. The molecule has 0 radical (unpaired) electrons. The van der Waals surface area contributed by atoms with E-state index in [4.69, 9.17) is 9.51 Å². The fourth-order valence-corrected chi connectivity index (χ4v) is 4.96. The fraction of sp³-hybridized carbons (Fsp3) is 0.320. The monoisotopic (exact) mass is 484 g/mol. The first-order valence-electron chi connectivity index (χ1n) is 10.9. The number of halogens is 1. The smallest absolute Gasteiger partial charge is 0.282 e. The van der Waals surface area contributed by atoms with E-state index >= 15 is 0 Å². The lowest BCUT2D eigenvalue weighted by atomic mass is 10.1. The maximum atomic E-state index is 13.6. The lowest BCUT2D eigenvalue weighted by Crippen LogP contribution is -2.39. The summed E-state index contributed by atoms with van der Waals surface area (Å²) >= 11 is 1.54. The van der Waals surface area contributed by atoms with Gasteiger partial charge in [0.15, 0.2) is 16.6 Å². The molecule has 0 spiro atoms. The number of hydrogen-bond acceptors (Lipinski definition) is 6. The zero-order valence-corrected chi connectivity index (χ0v) is 21.0. The Labute approximate surface area is 204 Å². The lowest BCUT2D eigenvalue weighted by Gasteiger charge is -2.24. The molecule has 0 aliphatic rings. The van der Waals surface area contributed by atoms with Crippen molar-refractivity contribution >= 4 is 45.0 Å². The van der Waals surface area contributed by atoms with Gasteiger partial charge in [0, 0.05) is 24.7 Å². The third-order valence-electron chi connectivity index (χ3n) is 5.62. The van der Waals surface area contributed by atoms with Gasteiger partial charge in [0.05, 0.1) is 10.2 Å². The fourth-order valence-electron chi connectivity index (χ4n) is 3.79. The minimum Gasteiger partial charge on any atom is -0.355 e. The van der Waals surface area contributed by atoms with Gasteiger partial charge in [0.25, 0.3) is 5.91 Å². The number of amides is 1. The molecule has 33 heavy (non-hydrogen) atoms. The predicted molar refractivity (Wildman–Crippen MR) is 138 cm³/mol. The van der Waals surface area contributed by atoms with E-state index in [9.17, 15) is 4.79 Å². The van der Waals surface area contributed by atoms with Gasteiger partial charge in [0.1, 0.15) is 0 Å². The zero-order chi connectivity index (χ0) is 22.7. The Bertz CT molecular complexity index is 1220. The minimum atomic E-state index is -0.198. The average molecular weight is 485 g/mol. The van der Waals surface area contributed by atoms with Crippen molar-refractivity contribution in [2.75, 3.05) is 31.1 Å². The molecule has 0 N–H and O–H groups in total. The van der Waals surface area contributed by atoms with Crippen LogP contribution in [0.4, 0.5) is 5.13 Å². The third-order valence-corrected chi connectivity index (χ3v) is 6.64. The number of likely N-dealkylation sites (N-methyl/N-ethyl adjacent to an activating group) is 1. The molecule has 1 amide bonds. The SMILES string of the molecule is CCN(CC)CCN(C(=O)c1cc(-c2ccccc2)on1)c1nc2c(C)cc(C)cc2s1.Cl. The van der Waals surface area contributed by atoms with Crippen LogP contribution < -0.4 is 4.90 Å². The quantitative estimate of drug-likeness (QED) is 0.308. The number of carbonyl (C=O) groups excluding carboxylic acids is 1. The molecule has 0 fully saturated rings. The number of rotatable bonds is 8. The number of carbonyl (C=O) groups is 1. The van der Waals surface area contributed by atoms with Crippen LogP contribution >= 0.6 is 23.7 Å². The van der Waals surface area contributed by atoms with Gasteiger partial charge in [-0.15, -0.1) is 12.4 Å². The van der Waals surface area contributed by atoms with E-state index in [1.54, 1.807) is 22.3 Å². The van der Waals surface area contributed by atoms with Crippen molar-refractivity contribution in [1.82, 2.24) is 15.0 Å². The van der Waals surface area contributed by atoms with E-state index in [-0.39, 0.29) is 24.0 Å². The largest absolute Gasteiger partial charge is 0.355 e. The second-order valence-electron chi connectivity index (χ2n) is 7.85. The molecule has 0 saturated carbocycles. The molecule has 174 valence electrons. The number of benzene rings is 2. The van der Waals surface area contributed by atoms with Crippen LogP contribution in [0.15, 0.2) is 53.1 Å². The molecule has 2 aromatic heterocycles. The standard InChI is InChI=1S/C25H28N4O2S.ClH/c1-5-28(6-2)12-13-29(25-26-23-18(4)14-17(3)15-22(23)32-25)24(30)20-16-21(31-27-20)19-10-8-7-9-11-19;/h7-11,14-16H,5-6,12-13H2,1-4H3;1H. The molecule has 0 aliphatic carbocycles. The molecular weight excluding hydrogens is 456 g/mol. The summed E-state index contributed by atoms with van der Waals surface area (Å²) in [6, 6.07) is 15.6. The lowest BCUT2D eigenvalue weighted by molar-refractivity contribution is 0.0975. The molecule has 0 saturated heterocycles. The number of fused-ring (bicyclic) bond motifs is 1. The maximum absolute atomic E-state index is 13.6. The van der Waals surface area contributed by atoms with Gasteiger partial charge in [-0.2, -0.15) is 0 Å². The topological polar surface area (TPSA) is 62.5 Å². The number of aromatic nitrogens is 2. The average Bonchev–Trinajstić information content (AvgIpc) is 3.45. The van der Waals surface area contributed by atoms with E-state index < -0.39 is 0 Å². The van der Waals surface area contributed by atoms with Gasteiger partial charge in [-0.05, 0) is 44.1 Å². The Morgan fingerprint density at radius 3 is 2.45 bits per heavy atom. The highest BCUT2D eigenvalue weighted by Crippen LogP contribution is 2.32. The number of nitrogens with zero attached hydrogens (tertiary/aromatic N) is 4. The van der Waals surface area contributed by atoms with Crippen molar-refractivity contribution in [2.24, 2.45) is 0 Å². The maximum Gasteiger partial charge on any atom is 0.282 e. The molecule has 6 nitrogen and oxygen atoms in total. The number of hydrogen-bond donors (Lipinski definition) is 0. The van der Waals surface area contributed by atoms with E-state index in [0.29, 0.717) is 17.4 Å². The first-order chi connectivity index (χ1) is 15.5. The molecule has 0 atom stereocenters. The first-order valence-corrected chi connectivity index (χ1v) is 11.8. The summed E-state index contributed by atoms with van der Waals surface area (Å²) in [6.07, 6.45) is 0. The molecular formula is C25H29ClN4O2S. The Morgan fingerprint density at radius 2 is 1.76 bits per heavy atom. The van der Waals surface area contributed by atoms with Crippen LogP contribution in [0, 0.1) is 13.8 Å². The highest BCUT2D eigenvalue weighted by atomic mass is 35.5. The summed E-state index contributed by atoms with van der Waals surface area (Å²) in [7, 11) is 0. The van der Waals surface area contributed by atoms with Gasteiger partial charge in [0.2, 0.25) is 0 Å². The third kappa shape index (κ3) is 5.43. The summed E-state index contributed by atoms with van der Waals surface area (Å²) in [5.74, 6) is 0.380. The first kappa shape index (κ1) is 24.9. The van der Waals surface area contributed by atoms with Gasteiger partial charge >= 0.3 is 0 Å². The van der Waals surface area contributed by atoms with Crippen molar-refractivity contribution in [1.29, 1.82) is 0 Å². The van der Waals surface area contributed by atoms with Crippen LogP contribution in [0.5, 0.6) is 0 Å². The Balaban J connectivity index is 0.00000306. The van der Waals surface area contributed by atoms with E-state index in [1.807, 2.05) is 30.3 Å².